The normalized spacial score (nSPS) is 12.0. The zero-order valence-corrected chi connectivity index (χ0v) is 36.2. The molecule has 5 heterocycles. The van der Waals surface area contributed by atoms with Crippen LogP contribution in [0.25, 0.3) is 28.1 Å². The van der Waals surface area contributed by atoms with Crippen LogP contribution in [0.5, 0.6) is 0 Å². The van der Waals surface area contributed by atoms with Gasteiger partial charge in [-0.25, -0.2) is 23.8 Å². The molecule has 0 saturated heterocycles. The fourth-order valence-corrected chi connectivity index (χ4v) is 6.48. The van der Waals surface area contributed by atoms with E-state index in [-0.39, 0.29) is 74.9 Å². The molecule has 0 aliphatic rings. The molecule has 2 aromatic carbocycles. The predicted molar refractivity (Wildman–Crippen MR) is 235 cm³/mol. The number of nitriles is 1. The first-order valence-corrected chi connectivity index (χ1v) is 19.4. The zero-order chi connectivity index (χ0) is 47.3. The summed E-state index contributed by atoms with van der Waals surface area (Å²) in [7, 11) is 0. The van der Waals surface area contributed by atoms with E-state index in [0.29, 0.717) is 34.2 Å². The third-order valence-corrected chi connectivity index (χ3v) is 9.65. The van der Waals surface area contributed by atoms with Crippen LogP contribution in [0, 0.1) is 31.8 Å². The second-order valence-electron chi connectivity index (χ2n) is 16.5. The maximum atomic E-state index is 11.8. The third-order valence-electron chi connectivity index (χ3n) is 9.65. The number of anilines is 3. The summed E-state index contributed by atoms with van der Waals surface area (Å²) in [5.41, 5.74) is 20.8. The number of nitrogens with zero attached hydrogens (tertiary/aromatic N) is 17. The van der Waals surface area contributed by atoms with Crippen molar-refractivity contribution in [3.63, 3.8) is 0 Å². The number of hydrogen-bond donors (Lipinski definition) is 5. The van der Waals surface area contributed by atoms with E-state index in [1.165, 1.54) is 43.0 Å². The Morgan fingerprint density at radius 1 is 0.677 bits per heavy atom. The fourth-order valence-electron chi connectivity index (χ4n) is 6.48. The second kappa shape index (κ2) is 16.3. The molecule has 0 unspecified atom stereocenters. The van der Waals surface area contributed by atoms with Crippen LogP contribution in [0.15, 0.2) is 69.0 Å². The number of carbonyl (C=O) groups is 2. The van der Waals surface area contributed by atoms with Gasteiger partial charge in [-0.05, 0) is 50.2 Å². The van der Waals surface area contributed by atoms with E-state index in [2.05, 4.69) is 56.5 Å². The van der Waals surface area contributed by atoms with Gasteiger partial charge in [0, 0.05) is 10.8 Å². The van der Waals surface area contributed by atoms with Crippen molar-refractivity contribution in [2.75, 3.05) is 17.2 Å². The van der Waals surface area contributed by atoms with Crippen LogP contribution >= 0.6 is 0 Å². The molecule has 7 aromatic rings. The molecule has 0 spiro atoms. The van der Waals surface area contributed by atoms with E-state index >= 15 is 0 Å². The van der Waals surface area contributed by atoms with Crippen molar-refractivity contribution in [1.82, 2.24) is 54.1 Å². The summed E-state index contributed by atoms with van der Waals surface area (Å²) in [4.78, 5) is 40.3. The Kier molecular flexibility index (Phi) is 11.0. The van der Waals surface area contributed by atoms with E-state index in [1.807, 2.05) is 41.5 Å². The van der Waals surface area contributed by atoms with Crippen LogP contribution in [0.2, 0.25) is 0 Å². The number of carboxylic acids is 2. The minimum absolute atomic E-state index is 0.00166. The van der Waals surface area contributed by atoms with Crippen LogP contribution in [0.1, 0.15) is 90.6 Å². The quantitative estimate of drug-likeness (QED) is 0.0668. The molecule has 0 saturated carbocycles. The molecule has 0 atom stereocenters. The van der Waals surface area contributed by atoms with Crippen molar-refractivity contribution in [3.05, 3.63) is 99.4 Å². The second-order valence-corrected chi connectivity index (χ2v) is 16.5. The number of nitrogen functional groups attached to an aromatic ring is 3. The van der Waals surface area contributed by atoms with Gasteiger partial charge in [0.15, 0.2) is 34.6 Å². The summed E-state index contributed by atoms with van der Waals surface area (Å²) in [5.74, 6) is -2.97. The Morgan fingerprint density at radius 2 is 1.12 bits per heavy atom. The average Bonchev–Trinajstić information content (AvgIpc) is 3.97. The number of benzene rings is 2. The van der Waals surface area contributed by atoms with Gasteiger partial charge in [-0.1, -0.05) is 53.7 Å². The van der Waals surface area contributed by atoms with Gasteiger partial charge in [0.2, 0.25) is 5.95 Å². The van der Waals surface area contributed by atoms with E-state index in [4.69, 9.17) is 34.0 Å². The molecule has 0 radical (unpaired) electrons. The molecular formula is C41H40N20O4. The van der Waals surface area contributed by atoms with Crippen LogP contribution < -0.4 is 17.2 Å². The number of nitrogens with two attached hydrogens (primary N) is 3. The summed E-state index contributed by atoms with van der Waals surface area (Å²) >= 11 is 0. The fraction of sp³-hybridized carbons (Fsp3) is 0.244. The lowest BCUT2D eigenvalue weighted by molar-refractivity contribution is 0.0686. The maximum absolute atomic E-state index is 11.8. The van der Waals surface area contributed by atoms with E-state index in [1.54, 1.807) is 38.1 Å². The van der Waals surface area contributed by atoms with E-state index in [0.717, 1.165) is 0 Å². The molecule has 24 heteroatoms. The van der Waals surface area contributed by atoms with Gasteiger partial charge >= 0.3 is 11.9 Å². The molecule has 8 N–H and O–H groups in total. The van der Waals surface area contributed by atoms with Gasteiger partial charge in [-0.15, -0.1) is 20.5 Å². The summed E-state index contributed by atoms with van der Waals surface area (Å²) in [6, 6.07) is 14.1. The molecule has 0 aliphatic heterocycles. The lowest BCUT2D eigenvalue weighted by atomic mass is 9.91. The van der Waals surface area contributed by atoms with Crippen molar-refractivity contribution >= 4 is 58.2 Å². The van der Waals surface area contributed by atoms with Crippen LogP contribution in [0.3, 0.4) is 0 Å². The number of rotatable bonds is 10. The highest BCUT2D eigenvalue weighted by Crippen LogP contribution is 2.41. The number of carboxylic acid groups (broad SMARTS) is 2. The average molecular weight is 877 g/mol. The van der Waals surface area contributed by atoms with E-state index < -0.39 is 22.8 Å². The van der Waals surface area contributed by atoms with E-state index in [9.17, 15) is 25.1 Å². The Balaban J connectivity index is 1.33. The van der Waals surface area contributed by atoms with Gasteiger partial charge in [-0.2, -0.15) is 50.0 Å². The monoisotopic (exact) mass is 876 g/mol. The molecular weight excluding hydrogens is 837 g/mol. The summed E-state index contributed by atoms with van der Waals surface area (Å²) in [5, 5.41) is 65.5. The minimum Gasteiger partial charge on any atom is -0.478 e. The topological polar surface area (TPSA) is 340 Å². The molecule has 0 fully saturated rings. The van der Waals surface area contributed by atoms with Crippen molar-refractivity contribution in [2.45, 2.75) is 66.2 Å². The number of hydrogen-bond acceptors (Lipinski definition) is 17. The van der Waals surface area contributed by atoms with Crippen molar-refractivity contribution in [3.8, 4) is 29.3 Å². The molecule has 0 bridgehead atoms. The Hall–Kier alpha value is -9.19. The molecule has 24 nitrogen and oxygen atoms in total. The van der Waals surface area contributed by atoms with Crippen LogP contribution in [0.4, 0.5) is 46.3 Å². The first-order valence-electron chi connectivity index (χ1n) is 19.4. The standard InChI is InChI=1S/C41H40N20O4/c1-19-25(18-42)33(58(54-19)23-14-10-12-21(16-23)35(62)63)52-50-27-29(40(3,4)5)56-60(31(27)43)38-47-37(45)48-39(49-38)61-32(44)28(30(57-61)41(6,7)8)51-53-34-26(46-9)20(2)55-59(34)24-15-11-13-22(17-24)36(64)65/h10-17H,43-44H2,1-8H3,(H,62,63)(H,64,65)(H2,45,47,48,49). The summed E-state index contributed by atoms with van der Waals surface area (Å²) in [6.07, 6.45) is 0. The first-order chi connectivity index (χ1) is 30.6. The lowest BCUT2D eigenvalue weighted by Gasteiger charge is -2.15. The highest BCUT2D eigenvalue weighted by molar-refractivity contribution is 5.89. The third kappa shape index (κ3) is 8.17. The number of aromatic nitrogens is 11. The number of azo groups is 2. The number of aromatic carboxylic acids is 2. The smallest absolute Gasteiger partial charge is 0.335 e. The van der Waals surface area contributed by atoms with Gasteiger partial charge in [-0.3, -0.25) is 0 Å². The Labute approximate surface area is 369 Å². The SMILES string of the molecule is [C-]#[N+]c1c(C)nn(-c2cccc(C(=O)O)c2)c1N=Nc1c(C(C)(C)C)nn(-c2nc(N)nc(-n3nc(C(C)(C)C)c(N=Nc4c(C#N)c(C)nn4-c4cccc(C(=O)O)c4)c3N)n2)c1N. The maximum Gasteiger partial charge on any atom is 0.335 e. The molecule has 328 valence electrons. The van der Waals surface area contributed by atoms with Crippen LogP contribution in [-0.2, 0) is 10.8 Å². The highest BCUT2D eigenvalue weighted by atomic mass is 16.4. The lowest BCUT2D eigenvalue weighted by Crippen LogP contribution is -2.17. The minimum atomic E-state index is -1.15. The Morgan fingerprint density at radius 3 is 1.55 bits per heavy atom. The molecule has 65 heavy (non-hydrogen) atoms. The van der Waals surface area contributed by atoms with Gasteiger partial charge < -0.3 is 27.4 Å². The summed E-state index contributed by atoms with van der Waals surface area (Å²) in [6.45, 7) is 22.3. The van der Waals surface area contributed by atoms with Crippen molar-refractivity contribution < 1.29 is 19.8 Å². The summed E-state index contributed by atoms with van der Waals surface area (Å²) < 4.78 is 5.03. The largest absolute Gasteiger partial charge is 0.478 e. The van der Waals surface area contributed by atoms with Gasteiger partial charge in [0.25, 0.3) is 17.6 Å². The predicted octanol–water partition coefficient (Wildman–Crippen LogP) is 7.22. The molecule has 0 aliphatic carbocycles. The molecule has 0 amide bonds. The zero-order valence-electron chi connectivity index (χ0n) is 36.2. The number of aryl methyl sites for hydroxylation is 2. The first kappa shape index (κ1) is 43.9. The van der Waals surface area contributed by atoms with Gasteiger partial charge in [0.05, 0.1) is 51.8 Å². The van der Waals surface area contributed by atoms with Crippen molar-refractivity contribution in [2.24, 2.45) is 20.5 Å². The molecule has 5 aromatic heterocycles. The Bertz CT molecular complexity index is 3020. The van der Waals surface area contributed by atoms with Crippen molar-refractivity contribution in [1.29, 1.82) is 5.26 Å². The van der Waals surface area contributed by atoms with Gasteiger partial charge in [0.1, 0.15) is 11.6 Å². The highest BCUT2D eigenvalue weighted by Gasteiger charge is 2.31. The van der Waals surface area contributed by atoms with Crippen LogP contribution in [-0.4, -0.2) is 76.2 Å². The molecule has 7 rings (SSSR count).